The topological polar surface area (TPSA) is 145 Å². The number of nitriles is 1. The number of rotatable bonds is 5. The molecule has 10 heteroatoms. The molecule has 0 saturated carbocycles. The molecule has 2 aromatic carbocycles. The molecule has 9 nitrogen and oxygen atoms in total. The maximum Gasteiger partial charge on any atom is 0.279 e. The van der Waals surface area contributed by atoms with Crippen LogP contribution in [0.15, 0.2) is 48.8 Å². The van der Waals surface area contributed by atoms with E-state index in [0.717, 1.165) is 12.1 Å². The van der Waals surface area contributed by atoms with Crippen molar-refractivity contribution in [3.05, 3.63) is 77.1 Å². The molecule has 30 heavy (non-hydrogen) atoms. The van der Waals surface area contributed by atoms with Gasteiger partial charge in [0, 0.05) is 18.4 Å². The fourth-order valence-corrected chi connectivity index (χ4v) is 2.66. The van der Waals surface area contributed by atoms with Crippen molar-refractivity contribution < 1.29 is 18.8 Å². The Kier molecular flexibility index (Phi) is 5.55. The van der Waals surface area contributed by atoms with Gasteiger partial charge in [0.05, 0.1) is 23.5 Å². The second kappa shape index (κ2) is 8.24. The number of hydrogen-bond donors (Lipinski definition) is 3. The van der Waals surface area contributed by atoms with E-state index in [1.807, 2.05) is 6.07 Å². The van der Waals surface area contributed by atoms with Crippen LogP contribution in [0.4, 0.5) is 15.8 Å². The Hall–Kier alpha value is -4.52. The molecule has 1 heterocycles. The number of primary amides is 1. The van der Waals surface area contributed by atoms with Crippen LogP contribution in [-0.2, 0) is 0 Å². The van der Waals surface area contributed by atoms with Gasteiger partial charge in [0.2, 0.25) is 0 Å². The lowest BCUT2D eigenvalue weighted by atomic mass is 10.1. The van der Waals surface area contributed by atoms with Gasteiger partial charge in [-0.05, 0) is 42.5 Å². The van der Waals surface area contributed by atoms with Gasteiger partial charge in [0.1, 0.15) is 11.5 Å². The fourth-order valence-electron chi connectivity index (χ4n) is 2.66. The number of aromatic amines is 1. The van der Waals surface area contributed by atoms with E-state index >= 15 is 0 Å². The van der Waals surface area contributed by atoms with Crippen molar-refractivity contribution in [2.24, 2.45) is 5.73 Å². The largest absolute Gasteiger partial charge is 0.364 e. The minimum Gasteiger partial charge on any atom is -0.364 e. The monoisotopic (exact) mass is 406 g/mol. The number of aromatic nitrogens is 2. The van der Waals surface area contributed by atoms with Gasteiger partial charge in [0.25, 0.3) is 17.7 Å². The maximum absolute atomic E-state index is 13.9. The van der Waals surface area contributed by atoms with Crippen molar-refractivity contribution in [1.29, 1.82) is 5.26 Å². The molecule has 0 aliphatic heterocycles. The molecule has 0 radical (unpaired) electrons. The molecule has 3 amide bonds. The first-order valence-corrected chi connectivity index (χ1v) is 8.54. The molecule has 3 rings (SSSR count). The van der Waals surface area contributed by atoms with E-state index < -0.39 is 23.5 Å². The number of benzene rings is 2. The van der Waals surface area contributed by atoms with E-state index in [1.54, 1.807) is 12.1 Å². The van der Waals surface area contributed by atoms with E-state index in [1.165, 1.54) is 36.5 Å². The number of nitrogens with two attached hydrogens (primary N) is 1. The lowest BCUT2D eigenvalue weighted by Gasteiger charge is -2.17. The van der Waals surface area contributed by atoms with Crippen LogP contribution < -0.4 is 16.0 Å². The lowest BCUT2D eigenvalue weighted by Crippen LogP contribution is -2.29. The molecule has 0 bridgehead atoms. The highest BCUT2D eigenvalue weighted by molar-refractivity contribution is 6.11. The van der Waals surface area contributed by atoms with Gasteiger partial charge in [-0.1, -0.05) is 0 Å². The van der Waals surface area contributed by atoms with Crippen molar-refractivity contribution in [2.45, 2.75) is 0 Å². The fraction of sp³-hybridized carbons (Fsp3) is 0.0500. The van der Waals surface area contributed by atoms with Gasteiger partial charge in [-0.2, -0.15) is 5.26 Å². The zero-order valence-electron chi connectivity index (χ0n) is 15.6. The number of imidazole rings is 1. The summed E-state index contributed by atoms with van der Waals surface area (Å²) in [6.45, 7) is 0. The summed E-state index contributed by atoms with van der Waals surface area (Å²) in [6, 6.07) is 11.5. The molecule has 1 aromatic heterocycles. The standard InChI is InChI=1S/C20H15FN6O3/c1-27(20(30)17-16(18(23)28)24-10-25-17)13-5-3-12(4-6-13)26-19(29)14-8-11(9-22)2-7-15(14)21/h2-8,10H,1H3,(H2,23,28)(H,24,25)(H,26,29). The third-order valence-electron chi connectivity index (χ3n) is 4.25. The van der Waals surface area contributed by atoms with E-state index in [-0.39, 0.29) is 22.5 Å². The molecular formula is C20H15FN6O3. The highest BCUT2D eigenvalue weighted by Gasteiger charge is 2.22. The Morgan fingerprint density at radius 1 is 1.20 bits per heavy atom. The Morgan fingerprint density at radius 2 is 1.90 bits per heavy atom. The van der Waals surface area contributed by atoms with Crippen molar-refractivity contribution in [1.82, 2.24) is 9.97 Å². The lowest BCUT2D eigenvalue weighted by molar-refractivity contribution is 0.0958. The average molecular weight is 406 g/mol. The quantitative estimate of drug-likeness (QED) is 0.594. The van der Waals surface area contributed by atoms with Gasteiger partial charge in [-0.3, -0.25) is 14.4 Å². The van der Waals surface area contributed by atoms with Crippen LogP contribution in [0.5, 0.6) is 0 Å². The molecule has 0 spiro atoms. The third kappa shape index (κ3) is 4.00. The van der Waals surface area contributed by atoms with Gasteiger partial charge < -0.3 is 20.9 Å². The van der Waals surface area contributed by atoms with Crippen LogP contribution >= 0.6 is 0 Å². The minimum atomic E-state index is -0.810. The molecular weight excluding hydrogens is 391 g/mol. The summed E-state index contributed by atoms with van der Waals surface area (Å²) in [5.41, 5.74) is 5.70. The molecule has 0 aliphatic rings. The molecule has 0 fully saturated rings. The SMILES string of the molecule is CN(C(=O)c1nc[nH]c1C(N)=O)c1ccc(NC(=O)c2cc(C#N)ccc2F)cc1. The van der Waals surface area contributed by atoms with Gasteiger partial charge >= 0.3 is 0 Å². The van der Waals surface area contributed by atoms with Crippen LogP contribution in [0.25, 0.3) is 0 Å². The number of carbonyl (C=O) groups excluding carboxylic acids is 3. The molecule has 0 saturated heterocycles. The van der Waals surface area contributed by atoms with E-state index in [2.05, 4.69) is 15.3 Å². The van der Waals surface area contributed by atoms with Crippen LogP contribution in [0, 0.1) is 17.1 Å². The summed E-state index contributed by atoms with van der Waals surface area (Å²) < 4.78 is 13.9. The van der Waals surface area contributed by atoms with Gasteiger partial charge in [-0.25, -0.2) is 9.37 Å². The highest BCUT2D eigenvalue weighted by atomic mass is 19.1. The van der Waals surface area contributed by atoms with Gasteiger partial charge in [0.15, 0.2) is 5.69 Å². The number of nitrogens with one attached hydrogen (secondary N) is 2. The second-order valence-electron chi connectivity index (χ2n) is 6.16. The zero-order valence-corrected chi connectivity index (χ0v) is 15.6. The third-order valence-corrected chi connectivity index (χ3v) is 4.25. The first-order chi connectivity index (χ1) is 14.3. The van der Waals surface area contributed by atoms with Crippen LogP contribution in [-0.4, -0.2) is 34.7 Å². The van der Waals surface area contributed by atoms with Crippen LogP contribution in [0.2, 0.25) is 0 Å². The van der Waals surface area contributed by atoms with Gasteiger partial charge in [-0.15, -0.1) is 0 Å². The summed E-state index contributed by atoms with van der Waals surface area (Å²) >= 11 is 0. The number of nitrogens with zero attached hydrogens (tertiary/aromatic N) is 3. The average Bonchev–Trinajstić information content (AvgIpc) is 3.24. The number of H-pyrrole nitrogens is 1. The number of amides is 3. The number of carbonyl (C=O) groups is 3. The Labute approximate surface area is 169 Å². The minimum absolute atomic E-state index is 0.0997. The predicted octanol–water partition coefficient (Wildman–Crippen LogP) is 2.05. The molecule has 150 valence electrons. The first kappa shape index (κ1) is 20.2. The molecule has 4 N–H and O–H groups in total. The number of hydrogen-bond acceptors (Lipinski definition) is 5. The predicted molar refractivity (Wildman–Crippen MR) is 105 cm³/mol. The smallest absolute Gasteiger partial charge is 0.279 e. The first-order valence-electron chi connectivity index (χ1n) is 8.54. The Morgan fingerprint density at radius 3 is 2.53 bits per heavy atom. The van der Waals surface area contributed by atoms with Crippen molar-refractivity contribution in [3.8, 4) is 6.07 Å². The molecule has 0 atom stereocenters. The summed E-state index contributed by atoms with van der Waals surface area (Å²) in [5, 5.41) is 11.4. The van der Waals surface area contributed by atoms with E-state index in [9.17, 15) is 18.8 Å². The summed E-state index contributed by atoms with van der Waals surface area (Å²) in [4.78, 5) is 43.9. The number of halogens is 1. The molecule has 0 unspecified atom stereocenters. The van der Waals surface area contributed by atoms with E-state index in [4.69, 9.17) is 11.0 Å². The van der Waals surface area contributed by atoms with Crippen molar-refractivity contribution in [3.63, 3.8) is 0 Å². The summed E-state index contributed by atoms with van der Waals surface area (Å²) in [5.74, 6) is -2.84. The zero-order chi connectivity index (χ0) is 21.8. The van der Waals surface area contributed by atoms with Crippen LogP contribution in [0.3, 0.4) is 0 Å². The Bertz CT molecular complexity index is 1180. The molecule has 3 aromatic rings. The normalized spacial score (nSPS) is 10.2. The summed E-state index contributed by atoms with van der Waals surface area (Å²) in [6.07, 6.45) is 1.19. The summed E-state index contributed by atoms with van der Waals surface area (Å²) in [7, 11) is 1.48. The molecule has 0 aliphatic carbocycles. The van der Waals surface area contributed by atoms with E-state index in [0.29, 0.717) is 11.4 Å². The van der Waals surface area contributed by atoms with Crippen LogP contribution in [0.1, 0.15) is 36.9 Å². The van der Waals surface area contributed by atoms with Crippen molar-refractivity contribution >= 4 is 29.1 Å². The maximum atomic E-state index is 13.9. The van der Waals surface area contributed by atoms with Crippen molar-refractivity contribution in [2.75, 3.05) is 17.3 Å². The highest BCUT2D eigenvalue weighted by Crippen LogP contribution is 2.20. The Balaban J connectivity index is 1.75. The number of anilines is 2. The second-order valence-corrected chi connectivity index (χ2v) is 6.16.